The summed E-state index contributed by atoms with van der Waals surface area (Å²) in [6.45, 7) is -0.493. The number of hydrogen-bond donors (Lipinski definition) is 0. The summed E-state index contributed by atoms with van der Waals surface area (Å²) in [4.78, 5) is 53.6. The molecule has 34 heavy (non-hydrogen) atoms. The SMILES string of the molecule is COc1cccc(C(=O)COC(=O)[C@H](Cc2ccccc2)N2C(=O)[C@@H]3[C@H](C2=O)[C@H]2C=C[C@H]3C2)c1. The fourth-order valence-corrected chi connectivity index (χ4v) is 5.46. The monoisotopic (exact) mass is 459 g/mol. The lowest BCUT2D eigenvalue weighted by molar-refractivity contribution is -0.158. The number of fused-ring (bicyclic) bond motifs is 5. The molecule has 2 fully saturated rings. The van der Waals surface area contributed by atoms with Crippen LogP contribution in [0.3, 0.4) is 0 Å². The van der Waals surface area contributed by atoms with E-state index < -0.39 is 36.2 Å². The second-order valence-corrected chi connectivity index (χ2v) is 9.01. The third-order valence-electron chi connectivity index (χ3n) is 7.10. The molecule has 0 N–H and O–H groups in total. The van der Waals surface area contributed by atoms with Crippen molar-refractivity contribution >= 4 is 23.6 Å². The molecule has 0 unspecified atom stereocenters. The Balaban J connectivity index is 1.36. The molecular weight excluding hydrogens is 434 g/mol. The normalized spacial score (nSPS) is 25.4. The van der Waals surface area contributed by atoms with Gasteiger partial charge in [-0.05, 0) is 36.0 Å². The largest absolute Gasteiger partial charge is 0.497 e. The van der Waals surface area contributed by atoms with Crippen molar-refractivity contribution in [2.45, 2.75) is 18.9 Å². The number of methoxy groups -OCH3 is 1. The molecule has 7 heteroatoms. The van der Waals surface area contributed by atoms with E-state index in [0.29, 0.717) is 11.3 Å². The van der Waals surface area contributed by atoms with Crippen LogP contribution in [0.1, 0.15) is 22.3 Å². The van der Waals surface area contributed by atoms with Crippen molar-refractivity contribution in [3.63, 3.8) is 0 Å². The zero-order valence-corrected chi connectivity index (χ0v) is 18.8. The van der Waals surface area contributed by atoms with Gasteiger partial charge in [-0.1, -0.05) is 54.6 Å². The first-order valence-electron chi connectivity index (χ1n) is 11.4. The second-order valence-electron chi connectivity index (χ2n) is 9.01. The van der Waals surface area contributed by atoms with Gasteiger partial charge in [-0.25, -0.2) is 4.79 Å². The lowest BCUT2D eigenvalue weighted by Crippen LogP contribution is -2.48. The topological polar surface area (TPSA) is 90.0 Å². The number of amides is 2. The van der Waals surface area contributed by atoms with Gasteiger partial charge in [0.2, 0.25) is 11.8 Å². The molecule has 5 rings (SSSR count). The molecule has 1 aliphatic heterocycles. The number of carbonyl (C=O) groups is 4. The second kappa shape index (κ2) is 8.89. The van der Waals surface area contributed by atoms with E-state index in [4.69, 9.17) is 9.47 Å². The predicted molar refractivity (Wildman–Crippen MR) is 122 cm³/mol. The minimum absolute atomic E-state index is 0.0412. The van der Waals surface area contributed by atoms with Crippen molar-refractivity contribution in [2.24, 2.45) is 23.7 Å². The minimum Gasteiger partial charge on any atom is -0.497 e. The molecule has 3 aliphatic rings. The maximum Gasteiger partial charge on any atom is 0.330 e. The fourth-order valence-electron chi connectivity index (χ4n) is 5.46. The number of benzene rings is 2. The number of rotatable bonds is 8. The number of nitrogens with zero attached hydrogens (tertiary/aromatic N) is 1. The summed E-state index contributed by atoms with van der Waals surface area (Å²) >= 11 is 0. The highest BCUT2D eigenvalue weighted by molar-refractivity contribution is 6.09. The summed E-state index contributed by atoms with van der Waals surface area (Å²) in [5.41, 5.74) is 1.14. The van der Waals surface area contributed by atoms with Gasteiger partial charge in [-0.2, -0.15) is 0 Å². The standard InChI is InChI=1S/C27H25NO6/c1-33-20-9-5-8-17(14-20)22(29)15-34-27(32)21(12-16-6-3-2-4-7-16)28-25(30)23-18-10-11-19(13-18)24(23)26(28)31/h2-11,14,18-19,21,23-24H,12-13,15H2,1H3/t18-,19-,21-,23-,24+/m0/s1. The Bertz CT molecular complexity index is 1140. The number of likely N-dealkylation sites (tertiary alicyclic amines) is 1. The van der Waals surface area contributed by atoms with E-state index in [-0.39, 0.29) is 30.1 Å². The molecule has 2 aromatic rings. The summed E-state index contributed by atoms with van der Waals surface area (Å²) < 4.78 is 10.5. The zero-order chi connectivity index (χ0) is 23.8. The number of ether oxygens (including phenoxy) is 2. The van der Waals surface area contributed by atoms with Crippen molar-refractivity contribution in [2.75, 3.05) is 13.7 Å². The number of imide groups is 1. The quantitative estimate of drug-likeness (QED) is 0.261. The van der Waals surface area contributed by atoms with Crippen molar-refractivity contribution in [1.29, 1.82) is 0 Å². The Morgan fingerprint density at radius 1 is 0.971 bits per heavy atom. The van der Waals surface area contributed by atoms with Crippen molar-refractivity contribution in [3.05, 3.63) is 77.9 Å². The maximum atomic E-state index is 13.3. The molecule has 0 spiro atoms. The number of ketones is 1. The van der Waals surface area contributed by atoms with Crippen molar-refractivity contribution < 1.29 is 28.7 Å². The molecule has 174 valence electrons. The average Bonchev–Trinajstić information content (AvgIpc) is 3.55. The third kappa shape index (κ3) is 3.81. The van der Waals surface area contributed by atoms with Gasteiger partial charge in [0, 0.05) is 12.0 Å². The molecule has 5 atom stereocenters. The Morgan fingerprint density at radius 3 is 2.29 bits per heavy atom. The van der Waals surface area contributed by atoms with E-state index in [0.717, 1.165) is 16.9 Å². The van der Waals surface area contributed by atoms with E-state index in [1.54, 1.807) is 24.3 Å². The number of allylic oxidation sites excluding steroid dienone is 2. The predicted octanol–water partition coefficient (Wildman–Crippen LogP) is 2.84. The lowest BCUT2D eigenvalue weighted by Gasteiger charge is -2.26. The van der Waals surface area contributed by atoms with Crippen LogP contribution in [0.2, 0.25) is 0 Å². The molecule has 2 amide bonds. The van der Waals surface area contributed by atoms with E-state index in [1.165, 1.54) is 7.11 Å². The number of Topliss-reactive ketones (excluding diaryl/α,β-unsaturated/α-hetero) is 1. The van der Waals surface area contributed by atoms with Crippen LogP contribution in [0.15, 0.2) is 66.7 Å². The maximum absolute atomic E-state index is 13.3. The molecule has 2 bridgehead atoms. The van der Waals surface area contributed by atoms with E-state index in [9.17, 15) is 19.2 Å². The van der Waals surface area contributed by atoms with Gasteiger partial charge in [-0.15, -0.1) is 0 Å². The van der Waals surface area contributed by atoms with Crippen LogP contribution in [0.25, 0.3) is 0 Å². The number of carbonyl (C=O) groups excluding carboxylic acids is 4. The van der Waals surface area contributed by atoms with Crippen LogP contribution in [0.5, 0.6) is 5.75 Å². The smallest absolute Gasteiger partial charge is 0.330 e. The van der Waals surface area contributed by atoms with Crippen LogP contribution < -0.4 is 4.74 Å². The highest BCUT2D eigenvalue weighted by Crippen LogP contribution is 2.53. The van der Waals surface area contributed by atoms with Crippen molar-refractivity contribution in [1.82, 2.24) is 4.90 Å². The van der Waals surface area contributed by atoms with Crippen LogP contribution >= 0.6 is 0 Å². The molecule has 2 aromatic carbocycles. The Morgan fingerprint density at radius 2 is 1.65 bits per heavy atom. The van der Waals surface area contributed by atoms with Gasteiger partial charge < -0.3 is 9.47 Å². The zero-order valence-electron chi connectivity index (χ0n) is 18.8. The van der Waals surface area contributed by atoms with Crippen LogP contribution in [-0.2, 0) is 25.5 Å². The Labute approximate surface area is 197 Å². The first-order chi connectivity index (χ1) is 16.5. The summed E-state index contributed by atoms with van der Waals surface area (Å²) in [5, 5.41) is 0. The number of hydrogen-bond acceptors (Lipinski definition) is 6. The first-order valence-corrected chi connectivity index (χ1v) is 11.4. The molecule has 1 saturated carbocycles. The molecule has 1 heterocycles. The highest BCUT2D eigenvalue weighted by Gasteiger charge is 2.61. The summed E-state index contributed by atoms with van der Waals surface area (Å²) in [7, 11) is 1.50. The van der Waals surface area contributed by atoms with Gasteiger partial charge in [0.25, 0.3) is 0 Å². The van der Waals surface area contributed by atoms with Gasteiger partial charge in [0.1, 0.15) is 11.8 Å². The van der Waals surface area contributed by atoms with E-state index >= 15 is 0 Å². The lowest BCUT2D eigenvalue weighted by atomic mass is 9.85. The summed E-state index contributed by atoms with van der Waals surface area (Å²) in [6.07, 6.45) is 4.96. The first kappa shape index (κ1) is 22.1. The average molecular weight is 459 g/mol. The summed E-state index contributed by atoms with van der Waals surface area (Å²) in [5.74, 6) is -2.01. The van der Waals surface area contributed by atoms with Crippen LogP contribution in [0, 0.1) is 23.7 Å². The van der Waals surface area contributed by atoms with Crippen molar-refractivity contribution in [3.8, 4) is 5.75 Å². The summed E-state index contributed by atoms with van der Waals surface area (Å²) in [6, 6.07) is 14.6. The van der Waals surface area contributed by atoms with Gasteiger partial charge in [0.05, 0.1) is 18.9 Å². The molecule has 0 aromatic heterocycles. The van der Waals surface area contributed by atoms with Gasteiger partial charge in [0.15, 0.2) is 12.4 Å². The Kier molecular flexibility index (Phi) is 5.77. The molecule has 0 radical (unpaired) electrons. The third-order valence-corrected chi connectivity index (χ3v) is 7.10. The van der Waals surface area contributed by atoms with Crippen LogP contribution in [0.4, 0.5) is 0 Å². The highest BCUT2D eigenvalue weighted by atomic mass is 16.5. The molecular formula is C27H25NO6. The van der Waals surface area contributed by atoms with Gasteiger partial charge in [-0.3, -0.25) is 19.3 Å². The van der Waals surface area contributed by atoms with E-state index in [1.807, 2.05) is 42.5 Å². The number of esters is 1. The fraction of sp³-hybridized carbons (Fsp3) is 0.333. The molecule has 7 nitrogen and oxygen atoms in total. The van der Waals surface area contributed by atoms with Gasteiger partial charge >= 0.3 is 5.97 Å². The minimum atomic E-state index is -1.12. The Hall–Kier alpha value is -3.74. The van der Waals surface area contributed by atoms with Crippen LogP contribution in [-0.4, -0.2) is 48.2 Å². The van der Waals surface area contributed by atoms with E-state index in [2.05, 4.69) is 0 Å². The molecule has 2 aliphatic carbocycles. The molecule has 1 saturated heterocycles.